The maximum atomic E-state index is 13.6. The Morgan fingerprint density at radius 1 is 1.20 bits per heavy atom. The van der Waals surface area contributed by atoms with E-state index in [-0.39, 0.29) is 17.2 Å². The van der Waals surface area contributed by atoms with Crippen LogP contribution in [0.1, 0.15) is 35.5 Å². The highest BCUT2D eigenvalue weighted by molar-refractivity contribution is 6.04. The molecule has 9 heteroatoms. The van der Waals surface area contributed by atoms with Crippen molar-refractivity contribution in [2.45, 2.75) is 32.7 Å². The van der Waals surface area contributed by atoms with Crippen LogP contribution in [0.25, 0.3) is 11.1 Å². The van der Waals surface area contributed by atoms with Crippen molar-refractivity contribution < 1.29 is 18.3 Å². The average molecular weight is 483 g/mol. The quantitative estimate of drug-likeness (QED) is 0.585. The molecule has 1 amide bonds. The number of amides is 1. The van der Waals surface area contributed by atoms with Crippen molar-refractivity contribution in [2.75, 3.05) is 30.0 Å². The van der Waals surface area contributed by atoms with Gasteiger partial charge in [-0.1, -0.05) is 6.07 Å². The third-order valence-corrected chi connectivity index (χ3v) is 6.18. The van der Waals surface area contributed by atoms with Gasteiger partial charge < -0.3 is 15.0 Å². The SMILES string of the molecule is Cc1ccc(NC(=O)c2ccnc(C(C)(F)F)c2)cc1-c1cc(N2CCOC[C@@H]2C)n(C)c(=O)c1. The topological polar surface area (TPSA) is 76.5 Å². The smallest absolute Gasteiger partial charge is 0.286 e. The summed E-state index contributed by atoms with van der Waals surface area (Å²) in [6.07, 6.45) is 1.19. The van der Waals surface area contributed by atoms with E-state index >= 15 is 0 Å². The molecule has 1 aliphatic heterocycles. The lowest BCUT2D eigenvalue weighted by atomic mass is 10.00. The average Bonchev–Trinajstić information content (AvgIpc) is 2.82. The number of nitrogens with zero attached hydrogens (tertiary/aromatic N) is 3. The Kier molecular flexibility index (Phi) is 6.71. The molecule has 0 unspecified atom stereocenters. The molecule has 3 aromatic rings. The van der Waals surface area contributed by atoms with E-state index in [1.165, 1.54) is 12.3 Å². The van der Waals surface area contributed by atoms with Gasteiger partial charge in [-0.3, -0.25) is 19.1 Å². The van der Waals surface area contributed by atoms with E-state index in [1.807, 2.05) is 19.1 Å². The number of ether oxygens (including phenoxy) is 1. The first-order valence-electron chi connectivity index (χ1n) is 11.4. The highest BCUT2D eigenvalue weighted by atomic mass is 19.3. The third kappa shape index (κ3) is 5.24. The van der Waals surface area contributed by atoms with Crippen LogP contribution in [0.4, 0.5) is 20.3 Å². The van der Waals surface area contributed by atoms with Gasteiger partial charge in [0.1, 0.15) is 11.5 Å². The number of rotatable bonds is 5. The zero-order valence-corrected chi connectivity index (χ0v) is 20.1. The van der Waals surface area contributed by atoms with Gasteiger partial charge in [-0.05, 0) is 60.9 Å². The molecule has 0 saturated carbocycles. The normalized spacial score (nSPS) is 16.3. The van der Waals surface area contributed by atoms with Gasteiger partial charge in [0.25, 0.3) is 17.4 Å². The first-order chi connectivity index (χ1) is 16.5. The predicted octanol–water partition coefficient (Wildman–Crippen LogP) is 4.34. The van der Waals surface area contributed by atoms with E-state index in [1.54, 1.807) is 29.8 Å². The number of aromatic nitrogens is 2. The minimum Gasteiger partial charge on any atom is -0.377 e. The molecular weight excluding hydrogens is 454 g/mol. The van der Waals surface area contributed by atoms with Gasteiger partial charge in [-0.2, -0.15) is 8.78 Å². The second-order valence-corrected chi connectivity index (χ2v) is 8.92. The van der Waals surface area contributed by atoms with Crippen LogP contribution in [0.3, 0.4) is 0 Å². The zero-order chi connectivity index (χ0) is 25.3. The predicted molar refractivity (Wildman–Crippen MR) is 131 cm³/mol. The van der Waals surface area contributed by atoms with Crippen molar-refractivity contribution in [1.82, 2.24) is 9.55 Å². The molecule has 0 bridgehead atoms. The number of carbonyl (C=O) groups excluding carboxylic acids is 1. The number of nitrogens with one attached hydrogen (secondary N) is 1. The second kappa shape index (κ2) is 9.58. The molecule has 1 saturated heterocycles. The highest BCUT2D eigenvalue weighted by Gasteiger charge is 2.27. The van der Waals surface area contributed by atoms with Crippen LogP contribution in [-0.2, 0) is 17.7 Å². The van der Waals surface area contributed by atoms with Gasteiger partial charge in [0.05, 0.1) is 19.3 Å². The minimum atomic E-state index is -3.15. The number of alkyl halides is 2. The van der Waals surface area contributed by atoms with Gasteiger partial charge in [0, 0.05) is 44.0 Å². The Balaban J connectivity index is 1.67. The van der Waals surface area contributed by atoms with Gasteiger partial charge in [0.2, 0.25) is 0 Å². The number of benzene rings is 1. The van der Waals surface area contributed by atoms with E-state index < -0.39 is 17.5 Å². The van der Waals surface area contributed by atoms with Gasteiger partial charge in [-0.25, -0.2) is 0 Å². The lowest BCUT2D eigenvalue weighted by molar-refractivity contribution is 0.0127. The number of aryl methyl sites for hydroxylation is 1. The first-order valence-corrected chi connectivity index (χ1v) is 11.4. The summed E-state index contributed by atoms with van der Waals surface area (Å²) >= 11 is 0. The summed E-state index contributed by atoms with van der Waals surface area (Å²) < 4.78 is 34.4. The number of anilines is 2. The fourth-order valence-electron chi connectivity index (χ4n) is 4.14. The number of hydrogen-bond donors (Lipinski definition) is 1. The Bertz CT molecular complexity index is 1320. The van der Waals surface area contributed by atoms with E-state index in [9.17, 15) is 18.4 Å². The Hall–Kier alpha value is -3.59. The van der Waals surface area contributed by atoms with E-state index in [4.69, 9.17) is 4.74 Å². The van der Waals surface area contributed by atoms with Crippen LogP contribution >= 0.6 is 0 Å². The molecule has 3 heterocycles. The van der Waals surface area contributed by atoms with Gasteiger partial charge >= 0.3 is 0 Å². The molecule has 1 fully saturated rings. The van der Waals surface area contributed by atoms with Crippen LogP contribution in [0.5, 0.6) is 0 Å². The molecule has 4 rings (SSSR count). The summed E-state index contributed by atoms with van der Waals surface area (Å²) in [5.41, 5.74) is 2.39. The van der Waals surface area contributed by atoms with Crippen molar-refractivity contribution in [3.8, 4) is 11.1 Å². The third-order valence-electron chi connectivity index (χ3n) is 6.18. The summed E-state index contributed by atoms with van der Waals surface area (Å²) in [5.74, 6) is -2.89. The minimum absolute atomic E-state index is 0.0795. The molecule has 0 aliphatic carbocycles. The van der Waals surface area contributed by atoms with Crippen molar-refractivity contribution >= 4 is 17.4 Å². The fraction of sp³-hybridized carbons (Fsp3) is 0.346. The second-order valence-electron chi connectivity index (χ2n) is 8.92. The molecule has 1 N–H and O–H groups in total. The standard InChI is InChI=1S/C26H28F2N4O3/c1-16-5-6-20(30-25(34)18-7-8-29-22(11-18)26(3,27)28)14-21(16)19-12-23(31(4)24(33)13-19)32-9-10-35-15-17(32)2/h5-8,11-14,17H,9-10,15H2,1-4H3,(H,30,34)/t17-/m0/s1. The Morgan fingerprint density at radius 2 is 1.97 bits per heavy atom. The lowest BCUT2D eigenvalue weighted by Crippen LogP contribution is -2.45. The molecule has 7 nitrogen and oxygen atoms in total. The van der Waals surface area contributed by atoms with Crippen molar-refractivity contribution in [3.63, 3.8) is 0 Å². The maximum Gasteiger partial charge on any atom is 0.286 e. The summed E-state index contributed by atoms with van der Waals surface area (Å²) in [4.78, 5) is 31.4. The lowest BCUT2D eigenvalue weighted by Gasteiger charge is -2.36. The molecule has 35 heavy (non-hydrogen) atoms. The summed E-state index contributed by atoms with van der Waals surface area (Å²) in [7, 11) is 1.75. The summed E-state index contributed by atoms with van der Waals surface area (Å²) in [6, 6.07) is 11.5. The molecule has 184 valence electrons. The first kappa shape index (κ1) is 24.5. The summed E-state index contributed by atoms with van der Waals surface area (Å²) in [5, 5.41) is 2.76. The molecule has 0 radical (unpaired) electrons. The number of halogens is 2. The monoisotopic (exact) mass is 482 g/mol. The van der Waals surface area contributed by atoms with Crippen molar-refractivity contribution in [3.05, 3.63) is 75.8 Å². The fourth-order valence-corrected chi connectivity index (χ4v) is 4.14. The molecule has 2 aromatic heterocycles. The van der Waals surface area contributed by atoms with E-state index in [0.717, 1.165) is 35.5 Å². The van der Waals surface area contributed by atoms with E-state index in [0.29, 0.717) is 25.4 Å². The number of hydrogen-bond acceptors (Lipinski definition) is 5. The largest absolute Gasteiger partial charge is 0.377 e. The molecular formula is C26H28F2N4O3. The van der Waals surface area contributed by atoms with Crippen LogP contribution in [0.2, 0.25) is 0 Å². The number of carbonyl (C=O) groups is 1. The number of morpholine rings is 1. The van der Waals surface area contributed by atoms with Crippen molar-refractivity contribution in [1.29, 1.82) is 0 Å². The molecule has 0 spiro atoms. The summed E-state index contributed by atoms with van der Waals surface area (Å²) in [6.45, 7) is 6.56. The van der Waals surface area contributed by atoms with Crippen LogP contribution in [-0.4, -0.2) is 41.3 Å². The molecule has 1 aromatic carbocycles. The number of pyridine rings is 2. The van der Waals surface area contributed by atoms with Crippen LogP contribution in [0, 0.1) is 6.92 Å². The zero-order valence-electron chi connectivity index (χ0n) is 20.1. The van der Waals surface area contributed by atoms with Gasteiger partial charge in [-0.15, -0.1) is 0 Å². The Labute approximate surface area is 202 Å². The van der Waals surface area contributed by atoms with Crippen LogP contribution in [0.15, 0.2) is 53.5 Å². The molecule has 1 aliphatic rings. The van der Waals surface area contributed by atoms with Gasteiger partial charge in [0.15, 0.2) is 0 Å². The Morgan fingerprint density at radius 3 is 2.69 bits per heavy atom. The van der Waals surface area contributed by atoms with Crippen molar-refractivity contribution in [2.24, 2.45) is 7.05 Å². The van der Waals surface area contributed by atoms with E-state index in [2.05, 4.69) is 22.1 Å². The molecule has 1 atom stereocenters. The van der Waals surface area contributed by atoms with Crippen LogP contribution < -0.4 is 15.8 Å². The highest BCUT2D eigenvalue weighted by Crippen LogP contribution is 2.30. The maximum absolute atomic E-state index is 13.6.